The molecule has 5 aromatic rings. The van der Waals surface area contributed by atoms with Crippen LogP contribution < -0.4 is 0 Å². The molecule has 0 amide bonds. The van der Waals surface area contributed by atoms with Crippen molar-refractivity contribution < 1.29 is 0 Å². The summed E-state index contributed by atoms with van der Waals surface area (Å²) < 4.78 is 0. The van der Waals surface area contributed by atoms with Crippen LogP contribution in [0.2, 0.25) is 0 Å². The predicted octanol–water partition coefficient (Wildman–Crippen LogP) is 9.87. The summed E-state index contributed by atoms with van der Waals surface area (Å²) in [6.45, 7) is 15.6. The number of aromatic nitrogens is 4. The Labute approximate surface area is 251 Å². The monoisotopic (exact) mass is 554 g/mol. The average molecular weight is 555 g/mol. The van der Waals surface area contributed by atoms with E-state index in [1.165, 1.54) is 29.5 Å². The lowest BCUT2D eigenvalue weighted by Gasteiger charge is -2.19. The van der Waals surface area contributed by atoms with E-state index in [9.17, 15) is 0 Å². The van der Waals surface area contributed by atoms with E-state index < -0.39 is 0 Å². The maximum absolute atomic E-state index is 4.94. The van der Waals surface area contributed by atoms with E-state index in [1.54, 1.807) is 0 Å². The van der Waals surface area contributed by atoms with Crippen molar-refractivity contribution in [3.05, 3.63) is 108 Å². The van der Waals surface area contributed by atoms with Crippen molar-refractivity contribution in [2.45, 2.75) is 78.6 Å². The summed E-state index contributed by atoms with van der Waals surface area (Å²) in [7, 11) is 0. The highest BCUT2D eigenvalue weighted by atomic mass is 15.0. The average Bonchev–Trinajstić information content (AvgIpc) is 2.99. The lowest BCUT2D eigenvalue weighted by Crippen LogP contribution is -2.10. The first kappa shape index (κ1) is 29.3. The Hall–Kier alpha value is -4.18. The van der Waals surface area contributed by atoms with Crippen LogP contribution in [0.4, 0.5) is 0 Å². The molecule has 4 heteroatoms. The molecular formula is C38H42N4. The van der Waals surface area contributed by atoms with Crippen LogP contribution in [0.1, 0.15) is 78.0 Å². The summed E-state index contributed by atoms with van der Waals surface area (Å²) in [5.74, 6) is 1.92. The largest absolute Gasteiger partial charge is 0.255 e. The third kappa shape index (κ3) is 6.82. The van der Waals surface area contributed by atoms with Gasteiger partial charge in [0.2, 0.25) is 0 Å². The fraction of sp³-hybridized carbons (Fsp3) is 0.316. The molecule has 0 saturated heterocycles. The van der Waals surface area contributed by atoms with Gasteiger partial charge in [-0.15, -0.1) is 0 Å². The number of rotatable bonds is 7. The Balaban J connectivity index is 1.52. The number of hydrogen-bond donors (Lipinski definition) is 0. The molecule has 2 heterocycles. The Morgan fingerprint density at radius 1 is 0.500 bits per heavy atom. The summed E-state index contributed by atoms with van der Waals surface area (Å²) in [5, 5.41) is 0. The number of aryl methyl sites for hydroxylation is 1. The first-order valence-electron chi connectivity index (χ1n) is 15.0. The Morgan fingerprint density at radius 2 is 0.929 bits per heavy atom. The van der Waals surface area contributed by atoms with Crippen molar-refractivity contribution in [3.63, 3.8) is 0 Å². The van der Waals surface area contributed by atoms with E-state index in [1.807, 2.05) is 6.20 Å². The molecule has 0 spiro atoms. The molecule has 42 heavy (non-hydrogen) atoms. The lowest BCUT2D eigenvalue weighted by atomic mass is 9.86. The fourth-order valence-corrected chi connectivity index (χ4v) is 4.92. The van der Waals surface area contributed by atoms with Gasteiger partial charge in [-0.05, 0) is 52.5 Å². The minimum absolute atomic E-state index is 0.0754. The smallest absolute Gasteiger partial charge is 0.165 e. The van der Waals surface area contributed by atoms with Gasteiger partial charge in [-0.2, -0.15) is 0 Å². The predicted molar refractivity (Wildman–Crippen MR) is 175 cm³/mol. The van der Waals surface area contributed by atoms with Gasteiger partial charge in [0.15, 0.2) is 17.5 Å². The maximum Gasteiger partial charge on any atom is 0.165 e. The molecule has 0 unspecified atom stereocenters. The molecule has 0 saturated carbocycles. The Morgan fingerprint density at radius 3 is 1.33 bits per heavy atom. The zero-order valence-corrected chi connectivity index (χ0v) is 26.1. The van der Waals surface area contributed by atoms with Gasteiger partial charge >= 0.3 is 0 Å². The van der Waals surface area contributed by atoms with Gasteiger partial charge in [0.05, 0.1) is 5.69 Å². The second-order valence-corrected chi connectivity index (χ2v) is 13.2. The number of nitrogens with zero attached hydrogens (tertiary/aromatic N) is 4. The van der Waals surface area contributed by atoms with E-state index >= 15 is 0 Å². The van der Waals surface area contributed by atoms with Crippen LogP contribution in [0.5, 0.6) is 0 Å². The van der Waals surface area contributed by atoms with Gasteiger partial charge in [-0.25, -0.2) is 15.0 Å². The van der Waals surface area contributed by atoms with Crippen molar-refractivity contribution in [3.8, 4) is 45.4 Å². The van der Waals surface area contributed by atoms with Crippen LogP contribution in [0.3, 0.4) is 0 Å². The molecule has 0 N–H and O–H groups in total. The topological polar surface area (TPSA) is 51.6 Å². The molecule has 214 valence electrons. The van der Waals surface area contributed by atoms with E-state index in [4.69, 9.17) is 19.9 Å². The highest BCUT2D eigenvalue weighted by Gasteiger charge is 2.17. The summed E-state index contributed by atoms with van der Waals surface area (Å²) in [5.41, 5.74) is 8.90. The summed E-state index contributed by atoms with van der Waals surface area (Å²) >= 11 is 0. The van der Waals surface area contributed by atoms with Gasteiger partial charge in [-0.1, -0.05) is 128 Å². The Kier molecular flexibility index (Phi) is 8.36. The van der Waals surface area contributed by atoms with Crippen LogP contribution >= 0.6 is 0 Å². The Bertz CT molecular complexity index is 1540. The fourth-order valence-electron chi connectivity index (χ4n) is 4.92. The van der Waals surface area contributed by atoms with E-state index in [0.717, 1.165) is 34.4 Å². The van der Waals surface area contributed by atoms with Crippen LogP contribution in [0, 0.1) is 0 Å². The van der Waals surface area contributed by atoms with Crippen molar-refractivity contribution in [1.29, 1.82) is 0 Å². The van der Waals surface area contributed by atoms with Crippen molar-refractivity contribution in [1.82, 2.24) is 19.9 Å². The molecule has 0 aliphatic heterocycles. The minimum Gasteiger partial charge on any atom is -0.255 e. The maximum atomic E-state index is 4.94. The molecule has 0 radical (unpaired) electrons. The van der Waals surface area contributed by atoms with Gasteiger partial charge < -0.3 is 0 Å². The molecule has 0 atom stereocenters. The lowest BCUT2D eigenvalue weighted by molar-refractivity contribution is 0.590. The number of hydrogen-bond acceptors (Lipinski definition) is 4. The highest BCUT2D eigenvalue weighted by Crippen LogP contribution is 2.30. The minimum atomic E-state index is 0.0754. The van der Waals surface area contributed by atoms with Gasteiger partial charge in [0.1, 0.15) is 0 Å². The van der Waals surface area contributed by atoms with Crippen molar-refractivity contribution >= 4 is 0 Å². The molecule has 3 aromatic carbocycles. The highest BCUT2D eigenvalue weighted by molar-refractivity contribution is 5.68. The summed E-state index contributed by atoms with van der Waals surface area (Å²) in [6, 6.07) is 30.0. The molecule has 0 aliphatic rings. The first-order chi connectivity index (χ1) is 20.0. The molecule has 0 aliphatic carbocycles. The number of unbranched alkanes of at least 4 members (excludes halogenated alkanes) is 1. The standard InChI is InChI=1S/C38H42N4/c1-8-9-10-26-11-13-27(14-12-26)33-24-19-30(25-39-33)36-41-34(28-15-20-31(21-16-28)37(2,3)4)40-35(42-36)29-17-22-32(23-18-29)38(5,6)7/h11-25H,8-10H2,1-7H3. The molecule has 2 aromatic heterocycles. The normalized spacial score (nSPS) is 12.0. The quantitative estimate of drug-likeness (QED) is 0.201. The van der Waals surface area contributed by atoms with E-state index in [2.05, 4.69) is 133 Å². The van der Waals surface area contributed by atoms with Crippen molar-refractivity contribution in [2.75, 3.05) is 0 Å². The molecule has 4 nitrogen and oxygen atoms in total. The third-order valence-electron chi connectivity index (χ3n) is 7.74. The molecule has 0 fully saturated rings. The van der Waals surface area contributed by atoms with Gasteiger partial charge in [-0.3, -0.25) is 4.98 Å². The number of pyridine rings is 1. The van der Waals surface area contributed by atoms with Crippen LogP contribution in [0.15, 0.2) is 91.1 Å². The van der Waals surface area contributed by atoms with Crippen molar-refractivity contribution in [2.24, 2.45) is 0 Å². The zero-order chi connectivity index (χ0) is 29.9. The molecular weight excluding hydrogens is 512 g/mol. The number of benzene rings is 3. The van der Waals surface area contributed by atoms with Gasteiger partial charge in [0.25, 0.3) is 0 Å². The summed E-state index contributed by atoms with van der Waals surface area (Å²) in [4.78, 5) is 19.6. The first-order valence-corrected chi connectivity index (χ1v) is 15.0. The van der Waals surface area contributed by atoms with Crippen LogP contribution in [-0.2, 0) is 17.3 Å². The van der Waals surface area contributed by atoms with E-state index in [0.29, 0.717) is 17.5 Å². The van der Waals surface area contributed by atoms with Crippen LogP contribution in [0.25, 0.3) is 45.4 Å². The third-order valence-corrected chi connectivity index (χ3v) is 7.74. The second-order valence-electron chi connectivity index (χ2n) is 13.2. The molecule has 5 rings (SSSR count). The molecule has 0 bridgehead atoms. The van der Waals surface area contributed by atoms with Gasteiger partial charge in [0, 0.05) is 28.5 Å². The SMILES string of the molecule is CCCCc1ccc(-c2ccc(-c3nc(-c4ccc(C(C)(C)C)cc4)nc(-c4ccc(C(C)(C)C)cc4)n3)cn2)cc1. The summed E-state index contributed by atoms with van der Waals surface area (Å²) in [6.07, 6.45) is 5.40. The van der Waals surface area contributed by atoms with E-state index in [-0.39, 0.29) is 10.8 Å². The van der Waals surface area contributed by atoms with Crippen LogP contribution in [-0.4, -0.2) is 19.9 Å². The second kappa shape index (κ2) is 12.0. The zero-order valence-electron chi connectivity index (χ0n) is 26.1.